The molecule has 1 atom stereocenters. The highest BCUT2D eigenvalue weighted by Gasteiger charge is 2.30. The predicted molar refractivity (Wildman–Crippen MR) is 88.1 cm³/mol. The van der Waals surface area contributed by atoms with E-state index in [1.54, 1.807) is 0 Å². The lowest BCUT2D eigenvalue weighted by Gasteiger charge is -2.24. The van der Waals surface area contributed by atoms with Gasteiger partial charge in [0.05, 0.1) is 5.02 Å². The van der Waals surface area contributed by atoms with Crippen LogP contribution >= 0.6 is 11.6 Å². The van der Waals surface area contributed by atoms with Crippen molar-refractivity contribution in [3.63, 3.8) is 0 Å². The van der Waals surface area contributed by atoms with Crippen LogP contribution in [0.5, 0.6) is 0 Å². The second kappa shape index (κ2) is 6.95. The zero-order chi connectivity index (χ0) is 14.7. The molecule has 5 heteroatoms. The Labute approximate surface area is 132 Å². The molecule has 3 heterocycles. The maximum Gasteiger partial charge on any atom is 0.147 e. The maximum atomic E-state index is 6.45. The molecule has 1 aromatic heterocycles. The van der Waals surface area contributed by atoms with Crippen molar-refractivity contribution < 1.29 is 0 Å². The Morgan fingerprint density at radius 3 is 2.86 bits per heavy atom. The van der Waals surface area contributed by atoms with Crippen LogP contribution in [-0.2, 0) is 6.54 Å². The molecule has 0 saturated carbocycles. The first-order chi connectivity index (χ1) is 10.3. The number of pyridine rings is 1. The number of aromatic nitrogens is 1. The van der Waals surface area contributed by atoms with Gasteiger partial charge in [-0.25, -0.2) is 4.98 Å². The van der Waals surface area contributed by atoms with Crippen molar-refractivity contribution >= 4 is 17.4 Å². The first-order valence-electron chi connectivity index (χ1n) is 8.12. The van der Waals surface area contributed by atoms with E-state index in [9.17, 15) is 0 Å². The summed E-state index contributed by atoms with van der Waals surface area (Å²) in [5, 5.41) is 4.09. The monoisotopic (exact) mass is 308 g/mol. The third-order valence-corrected chi connectivity index (χ3v) is 4.86. The Bertz CT molecular complexity index is 473. The van der Waals surface area contributed by atoms with Crippen LogP contribution < -0.4 is 10.2 Å². The maximum absolute atomic E-state index is 6.45. The van der Waals surface area contributed by atoms with E-state index in [2.05, 4.69) is 33.1 Å². The molecule has 0 amide bonds. The number of likely N-dealkylation sites (tertiary alicyclic amines) is 1. The molecule has 0 spiro atoms. The van der Waals surface area contributed by atoms with E-state index < -0.39 is 0 Å². The van der Waals surface area contributed by atoms with Gasteiger partial charge in [0, 0.05) is 31.9 Å². The number of hydrogen-bond acceptors (Lipinski definition) is 4. The number of anilines is 1. The fraction of sp³-hybridized carbons (Fsp3) is 0.688. The van der Waals surface area contributed by atoms with Crippen LogP contribution in [0, 0.1) is 0 Å². The van der Waals surface area contributed by atoms with Gasteiger partial charge in [-0.15, -0.1) is 0 Å². The Hall–Kier alpha value is -0.840. The fourth-order valence-corrected chi connectivity index (χ4v) is 3.72. The SMILES string of the molecule is CCNCc1cnc(N2CCC(N3CCCC3)C2)c(Cl)c1. The van der Waals surface area contributed by atoms with Crippen LogP contribution in [0.3, 0.4) is 0 Å². The van der Waals surface area contributed by atoms with Gasteiger partial charge in [-0.2, -0.15) is 0 Å². The van der Waals surface area contributed by atoms with Gasteiger partial charge in [0.2, 0.25) is 0 Å². The van der Waals surface area contributed by atoms with Gasteiger partial charge in [0.1, 0.15) is 5.82 Å². The summed E-state index contributed by atoms with van der Waals surface area (Å²) in [6, 6.07) is 2.74. The topological polar surface area (TPSA) is 31.4 Å². The molecule has 2 aliphatic heterocycles. The molecule has 3 rings (SSSR count). The summed E-state index contributed by atoms with van der Waals surface area (Å²) in [6.07, 6.45) is 5.90. The van der Waals surface area contributed by atoms with Gasteiger partial charge in [0.15, 0.2) is 0 Å². The molecular weight excluding hydrogens is 284 g/mol. The lowest BCUT2D eigenvalue weighted by molar-refractivity contribution is 0.260. The number of nitrogens with zero attached hydrogens (tertiary/aromatic N) is 3. The Kier molecular flexibility index (Phi) is 4.99. The minimum absolute atomic E-state index is 0.687. The van der Waals surface area contributed by atoms with Crippen molar-refractivity contribution in [1.29, 1.82) is 0 Å². The minimum atomic E-state index is 0.687. The fourth-order valence-electron chi connectivity index (χ4n) is 3.41. The quantitative estimate of drug-likeness (QED) is 0.906. The molecule has 0 aromatic carbocycles. The van der Waals surface area contributed by atoms with Crippen molar-refractivity contribution in [2.45, 2.75) is 38.8 Å². The second-order valence-electron chi connectivity index (χ2n) is 6.06. The predicted octanol–water partition coefficient (Wildman–Crippen LogP) is 2.52. The summed E-state index contributed by atoms with van der Waals surface area (Å²) >= 11 is 6.45. The molecule has 1 N–H and O–H groups in total. The van der Waals surface area contributed by atoms with E-state index in [1.807, 2.05) is 6.20 Å². The Morgan fingerprint density at radius 2 is 2.14 bits per heavy atom. The molecule has 1 unspecified atom stereocenters. The lowest BCUT2D eigenvalue weighted by Crippen LogP contribution is -2.35. The second-order valence-corrected chi connectivity index (χ2v) is 6.47. The van der Waals surface area contributed by atoms with Gasteiger partial charge in [-0.3, -0.25) is 4.90 Å². The summed E-state index contributed by atoms with van der Waals surface area (Å²) in [5.74, 6) is 0.957. The number of halogens is 1. The first-order valence-corrected chi connectivity index (χ1v) is 8.50. The van der Waals surface area contributed by atoms with Crippen molar-refractivity contribution in [2.75, 3.05) is 37.6 Å². The lowest BCUT2D eigenvalue weighted by atomic mass is 10.2. The highest BCUT2D eigenvalue weighted by atomic mass is 35.5. The largest absolute Gasteiger partial charge is 0.354 e. The van der Waals surface area contributed by atoms with Crippen LogP contribution in [0.25, 0.3) is 0 Å². The zero-order valence-corrected chi connectivity index (χ0v) is 13.6. The van der Waals surface area contributed by atoms with E-state index in [0.29, 0.717) is 6.04 Å². The van der Waals surface area contributed by atoms with Crippen LogP contribution in [0.2, 0.25) is 5.02 Å². The summed E-state index contributed by atoms with van der Waals surface area (Å²) in [7, 11) is 0. The van der Waals surface area contributed by atoms with E-state index in [-0.39, 0.29) is 0 Å². The van der Waals surface area contributed by atoms with E-state index in [1.165, 1.54) is 32.4 Å². The molecule has 0 bridgehead atoms. The van der Waals surface area contributed by atoms with Gasteiger partial charge < -0.3 is 10.2 Å². The molecule has 0 aliphatic carbocycles. The van der Waals surface area contributed by atoms with Gasteiger partial charge >= 0.3 is 0 Å². The van der Waals surface area contributed by atoms with Crippen molar-refractivity contribution in [3.05, 3.63) is 22.8 Å². The zero-order valence-electron chi connectivity index (χ0n) is 12.8. The molecule has 116 valence electrons. The molecule has 1 aromatic rings. The van der Waals surface area contributed by atoms with Crippen LogP contribution in [-0.4, -0.2) is 48.6 Å². The Morgan fingerprint density at radius 1 is 1.33 bits per heavy atom. The third kappa shape index (κ3) is 3.50. The highest BCUT2D eigenvalue weighted by Crippen LogP contribution is 2.29. The Balaban J connectivity index is 1.64. The van der Waals surface area contributed by atoms with Crippen molar-refractivity contribution in [2.24, 2.45) is 0 Å². The summed E-state index contributed by atoms with van der Waals surface area (Å²) in [6.45, 7) is 8.57. The minimum Gasteiger partial charge on any atom is -0.354 e. The van der Waals surface area contributed by atoms with Gasteiger partial charge in [-0.05, 0) is 50.5 Å². The average Bonchev–Trinajstić information content (AvgIpc) is 3.15. The number of nitrogens with one attached hydrogen (secondary N) is 1. The normalized spacial score (nSPS) is 23.1. The molecule has 2 fully saturated rings. The summed E-state index contributed by atoms with van der Waals surface area (Å²) < 4.78 is 0. The van der Waals surface area contributed by atoms with Gasteiger partial charge in [-0.1, -0.05) is 18.5 Å². The molecule has 2 saturated heterocycles. The highest BCUT2D eigenvalue weighted by molar-refractivity contribution is 6.33. The number of rotatable bonds is 5. The standard InChI is InChI=1S/C16H25ClN4/c1-2-18-10-13-9-15(17)16(19-11-13)21-8-5-14(12-21)20-6-3-4-7-20/h9,11,14,18H,2-8,10,12H2,1H3. The smallest absolute Gasteiger partial charge is 0.147 e. The molecular formula is C16H25ClN4. The van der Waals surface area contributed by atoms with E-state index in [0.717, 1.165) is 42.6 Å². The summed E-state index contributed by atoms with van der Waals surface area (Å²) in [4.78, 5) is 9.59. The first kappa shape index (κ1) is 15.1. The van der Waals surface area contributed by atoms with Crippen LogP contribution in [0.4, 0.5) is 5.82 Å². The molecule has 21 heavy (non-hydrogen) atoms. The van der Waals surface area contributed by atoms with Gasteiger partial charge in [0.25, 0.3) is 0 Å². The third-order valence-electron chi connectivity index (χ3n) is 4.58. The van der Waals surface area contributed by atoms with E-state index in [4.69, 9.17) is 11.6 Å². The molecule has 0 radical (unpaired) electrons. The molecule has 2 aliphatic rings. The summed E-state index contributed by atoms with van der Waals surface area (Å²) in [5.41, 5.74) is 1.15. The van der Waals surface area contributed by atoms with Crippen molar-refractivity contribution in [1.82, 2.24) is 15.2 Å². The van der Waals surface area contributed by atoms with E-state index >= 15 is 0 Å². The number of hydrogen-bond donors (Lipinski definition) is 1. The van der Waals surface area contributed by atoms with Crippen LogP contribution in [0.1, 0.15) is 31.7 Å². The van der Waals surface area contributed by atoms with Crippen molar-refractivity contribution in [3.8, 4) is 0 Å². The average molecular weight is 309 g/mol. The molecule has 4 nitrogen and oxygen atoms in total. The van der Waals surface area contributed by atoms with Crippen LogP contribution in [0.15, 0.2) is 12.3 Å².